The van der Waals surface area contributed by atoms with Crippen LogP contribution in [-0.2, 0) is 36.9 Å². The van der Waals surface area contributed by atoms with Crippen molar-refractivity contribution in [2.24, 2.45) is 0 Å². The van der Waals surface area contributed by atoms with Crippen molar-refractivity contribution in [2.45, 2.75) is 98.9 Å². The summed E-state index contributed by atoms with van der Waals surface area (Å²) in [4.78, 5) is 46.9. The quantitative estimate of drug-likeness (QED) is 0.228. The average Bonchev–Trinajstić information content (AvgIpc) is 3.15. The van der Waals surface area contributed by atoms with Gasteiger partial charge in [-0.1, -0.05) is 23.3 Å². The summed E-state index contributed by atoms with van der Waals surface area (Å²) >= 11 is 0. The van der Waals surface area contributed by atoms with Gasteiger partial charge in [-0.25, -0.2) is 4.79 Å². The van der Waals surface area contributed by atoms with Crippen molar-refractivity contribution in [2.75, 3.05) is 0 Å². The highest BCUT2D eigenvalue weighted by Crippen LogP contribution is 2.40. The molecular weight excluding hydrogens is 492 g/mol. The zero-order valence-corrected chi connectivity index (χ0v) is 23.3. The Kier molecular flexibility index (Phi) is 10.8. The molecule has 38 heavy (non-hydrogen) atoms. The van der Waals surface area contributed by atoms with Crippen molar-refractivity contribution in [1.82, 2.24) is 0 Å². The number of aliphatic hydroxyl groups is 1. The van der Waals surface area contributed by atoms with Crippen LogP contribution in [0.15, 0.2) is 29.4 Å². The summed E-state index contributed by atoms with van der Waals surface area (Å²) in [5, 5.41) is 10.4. The van der Waals surface area contributed by atoms with Gasteiger partial charge in [-0.2, -0.15) is 0 Å². The Bertz CT molecular complexity index is 1140. The molecule has 2 rings (SSSR count). The molecule has 9 nitrogen and oxygen atoms in total. The molecule has 1 heterocycles. The maximum absolute atomic E-state index is 12.1. The first-order chi connectivity index (χ1) is 17.7. The smallest absolute Gasteiger partial charge is 0.339 e. The molecule has 0 aliphatic carbocycles. The van der Waals surface area contributed by atoms with E-state index in [0.717, 1.165) is 24.0 Å². The number of carbonyl (C=O) groups is 4. The molecule has 1 atom stereocenters. The molecule has 0 fully saturated rings. The van der Waals surface area contributed by atoms with E-state index in [0.29, 0.717) is 30.4 Å². The fourth-order valence-corrected chi connectivity index (χ4v) is 4.15. The standard InChI is InChI=1S/C29H38O9/c1-17(9-8-10-18(2)12-14-26(33)29(6,7)38-21(5)32)11-13-22-25(36-19(3)30)15-23-24(16-35-28(23)34)27(22)37-20(4)31/h10-11,15,26,33H,8-9,12-14,16H2,1-7H3/b17-11+,18-10+. The third kappa shape index (κ3) is 8.83. The van der Waals surface area contributed by atoms with Gasteiger partial charge < -0.3 is 24.1 Å². The van der Waals surface area contributed by atoms with Gasteiger partial charge in [-0.15, -0.1) is 0 Å². The highest BCUT2D eigenvalue weighted by atomic mass is 16.6. The number of aliphatic hydroxyl groups excluding tert-OH is 1. The van der Waals surface area contributed by atoms with Crippen LogP contribution in [0.2, 0.25) is 0 Å². The lowest BCUT2D eigenvalue weighted by molar-refractivity contribution is -0.165. The molecule has 1 N–H and O–H groups in total. The fourth-order valence-electron chi connectivity index (χ4n) is 4.15. The molecule has 0 saturated heterocycles. The number of cyclic esters (lactones) is 1. The predicted molar refractivity (Wildman–Crippen MR) is 140 cm³/mol. The first kappa shape index (κ1) is 30.8. The molecule has 1 aromatic carbocycles. The zero-order chi connectivity index (χ0) is 28.6. The van der Waals surface area contributed by atoms with Gasteiger partial charge in [0.25, 0.3) is 0 Å². The van der Waals surface area contributed by atoms with E-state index in [-0.39, 0.29) is 23.7 Å². The van der Waals surface area contributed by atoms with Gasteiger partial charge in [0.15, 0.2) is 0 Å². The number of rotatable bonds is 12. The zero-order valence-electron chi connectivity index (χ0n) is 23.3. The van der Waals surface area contributed by atoms with Crippen molar-refractivity contribution < 1.29 is 43.2 Å². The number of hydrogen-bond acceptors (Lipinski definition) is 9. The molecule has 0 radical (unpaired) electrons. The summed E-state index contributed by atoms with van der Waals surface area (Å²) in [5.41, 5.74) is 2.40. The van der Waals surface area contributed by atoms with Gasteiger partial charge in [0, 0.05) is 31.9 Å². The Morgan fingerprint density at radius 1 is 1.00 bits per heavy atom. The molecular formula is C29H38O9. The number of esters is 4. The maximum Gasteiger partial charge on any atom is 0.339 e. The monoisotopic (exact) mass is 530 g/mol. The number of fused-ring (bicyclic) bond motifs is 1. The van der Waals surface area contributed by atoms with E-state index >= 15 is 0 Å². The first-order valence-corrected chi connectivity index (χ1v) is 12.6. The van der Waals surface area contributed by atoms with Crippen molar-refractivity contribution >= 4 is 23.9 Å². The Hall–Kier alpha value is -3.46. The van der Waals surface area contributed by atoms with Crippen molar-refractivity contribution in [3.05, 3.63) is 46.1 Å². The van der Waals surface area contributed by atoms with Crippen molar-refractivity contribution in [3.8, 4) is 11.5 Å². The average molecular weight is 531 g/mol. The second-order valence-corrected chi connectivity index (χ2v) is 10.1. The molecule has 0 spiro atoms. The minimum atomic E-state index is -0.946. The SMILES string of the molecule is CC(=O)Oc1cc2c(c(OC(C)=O)c1C/C=C(\C)CC/C=C(\C)CCC(O)C(C)(C)OC(C)=O)COC2=O. The summed E-state index contributed by atoms with van der Waals surface area (Å²) in [6.07, 6.45) is 6.29. The van der Waals surface area contributed by atoms with Crippen LogP contribution in [0.1, 0.15) is 95.6 Å². The van der Waals surface area contributed by atoms with Crippen LogP contribution in [0.3, 0.4) is 0 Å². The van der Waals surface area contributed by atoms with E-state index < -0.39 is 35.6 Å². The Balaban J connectivity index is 2.10. The summed E-state index contributed by atoms with van der Waals surface area (Å²) in [6, 6.07) is 1.46. The molecule has 0 amide bonds. The minimum absolute atomic E-state index is 0.0242. The molecule has 0 bridgehead atoms. The van der Waals surface area contributed by atoms with Gasteiger partial charge >= 0.3 is 23.9 Å². The molecule has 0 saturated carbocycles. The van der Waals surface area contributed by atoms with Crippen molar-refractivity contribution in [3.63, 3.8) is 0 Å². The van der Waals surface area contributed by atoms with Crippen LogP contribution >= 0.6 is 0 Å². The second-order valence-electron chi connectivity index (χ2n) is 10.1. The Morgan fingerprint density at radius 2 is 1.63 bits per heavy atom. The van der Waals surface area contributed by atoms with Gasteiger partial charge in [0.2, 0.25) is 0 Å². The third-order valence-electron chi connectivity index (χ3n) is 6.22. The highest BCUT2D eigenvalue weighted by Gasteiger charge is 2.31. The molecule has 1 aliphatic heterocycles. The van der Waals surface area contributed by atoms with E-state index in [1.54, 1.807) is 13.8 Å². The van der Waals surface area contributed by atoms with E-state index in [1.165, 1.54) is 26.8 Å². The maximum atomic E-state index is 12.1. The van der Waals surface area contributed by atoms with Crippen LogP contribution in [0, 0.1) is 0 Å². The van der Waals surface area contributed by atoms with Crippen LogP contribution in [0.5, 0.6) is 11.5 Å². The number of benzene rings is 1. The fraction of sp³-hybridized carbons (Fsp3) is 0.517. The molecule has 1 aliphatic rings. The number of hydrogen-bond donors (Lipinski definition) is 1. The lowest BCUT2D eigenvalue weighted by atomic mass is 9.95. The molecule has 9 heteroatoms. The topological polar surface area (TPSA) is 125 Å². The largest absolute Gasteiger partial charge is 0.457 e. The van der Waals surface area contributed by atoms with Gasteiger partial charge in [-0.05, 0) is 65.9 Å². The van der Waals surface area contributed by atoms with Crippen LogP contribution < -0.4 is 9.47 Å². The predicted octanol–water partition coefficient (Wildman–Crippen LogP) is 4.91. The number of allylic oxidation sites excluding steroid dienone is 4. The van der Waals surface area contributed by atoms with Crippen LogP contribution in [0.25, 0.3) is 0 Å². The van der Waals surface area contributed by atoms with Crippen molar-refractivity contribution in [1.29, 1.82) is 0 Å². The van der Waals surface area contributed by atoms with Crippen LogP contribution in [0.4, 0.5) is 0 Å². The minimum Gasteiger partial charge on any atom is -0.457 e. The third-order valence-corrected chi connectivity index (χ3v) is 6.22. The van der Waals surface area contributed by atoms with Crippen LogP contribution in [-0.4, -0.2) is 40.7 Å². The molecule has 0 aromatic heterocycles. The highest BCUT2D eigenvalue weighted by molar-refractivity contribution is 5.96. The van der Waals surface area contributed by atoms with Gasteiger partial charge in [0.1, 0.15) is 23.7 Å². The molecule has 208 valence electrons. The van der Waals surface area contributed by atoms with E-state index in [1.807, 2.05) is 19.9 Å². The Labute approximate surface area is 223 Å². The first-order valence-electron chi connectivity index (χ1n) is 12.6. The Morgan fingerprint density at radius 3 is 2.24 bits per heavy atom. The number of carbonyl (C=O) groups excluding carboxylic acids is 4. The lowest BCUT2D eigenvalue weighted by Crippen LogP contribution is -2.40. The lowest BCUT2D eigenvalue weighted by Gasteiger charge is -2.30. The summed E-state index contributed by atoms with van der Waals surface area (Å²) in [6.45, 7) is 11.2. The molecule has 1 aromatic rings. The van der Waals surface area contributed by atoms with Gasteiger partial charge in [0.05, 0.1) is 11.7 Å². The summed E-state index contributed by atoms with van der Waals surface area (Å²) < 4.78 is 21.1. The van der Waals surface area contributed by atoms with E-state index in [2.05, 4.69) is 6.08 Å². The number of ether oxygens (including phenoxy) is 4. The van der Waals surface area contributed by atoms with E-state index in [4.69, 9.17) is 18.9 Å². The normalized spacial score (nSPS) is 14.5. The molecule has 1 unspecified atom stereocenters. The summed E-state index contributed by atoms with van der Waals surface area (Å²) in [5.74, 6) is -1.77. The second kappa shape index (κ2) is 13.4. The van der Waals surface area contributed by atoms with E-state index in [9.17, 15) is 24.3 Å². The summed E-state index contributed by atoms with van der Waals surface area (Å²) in [7, 11) is 0. The van der Waals surface area contributed by atoms with Gasteiger partial charge in [-0.3, -0.25) is 14.4 Å².